The first-order chi connectivity index (χ1) is 9.52. The van der Waals surface area contributed by atoms with Gasteiger partial charge in [0, 0.05) is 19.0 Å². The number of piperidine rings is 1. The second-order valence-electron chi connectivity index (χ2n) is 6.02. The van der Waals surface area contributed by atoms with E-state index in [-0.39, 0.29) is 17.7 Å². The largest absolute Gasteiger partial charge is 0.342 e. The first-order valence-corrected chi connectivity index (χ1v) is 7.15. The Labute approximate surface area is 117 Å². The molecule has 110 valence electrons. The number of likely N-dealkylation sites (tertiary alicyclic amines) is 1. The van der Waals surface area contributed by atoms with Gasteiger partial charge in [0.05, 0.1) is 0 Å². The highest BCUT2D eigenvalue weighted by molar-refractivity contribution is 6.07. The lowest BCUT2D eigenvalue weighted by molar-refractivity contribution is -0.141. The van der Waals surface area contributed by atoms with Gasteiger partial charge in [0.1, 0.15) is 5.54 Å². The van der Waals surface area contributed by atoms with Crippen molar-refractivity contribution in [1.82, 2.24) is 20.9 Å². The zero-order chi connectivity index (χ0) is 14.3. The molecule has 7 heteroatoms. The summed E-state index contributed by atoms with van der Waals surface area (Å²) in [5.41, 5.74) is -0.797. The fraction of sp³-hybridized carbons (Fsp3) is 0.769. The summed E-state index contributed by atoms with van der Waals surface area (Å²) < 4.78 is 0. The van der Waals surface area contributed by atoms with E-state index in [1.54, 1.807) is 0 Å². The van der Waals surface area contributed by atoms with Gasteiger partial charge in [-0.2, -0.15) is 0 Å². The summed E-state index contributed by atoms with van der Waals surface area (Å²) in [5.74, 6) is 0.354. The number of nitrogens with zero attached hydrogens (tertiary/aromatic N) is 1. The highest BCUT2D eigenvalue weighted by Gasteiger charge is 2.48. The van der Waals surface area contributed by atoms with Crippen LogP contribution in [0.2, 0.25) is 0 Å². The van der Waals surface area contributed by atoms with Gasteiger partial charge < -0.3 is 15.5 Å². The summed E-state index contributed by atoms with van der Waals surface area (Å²) in [6.45, 7) is 4.84. The van der Waals surface area contributed by atoms with Gasteiger partial charge in [-0.3, -0.25) is 14.9 Å². The first kappa shape index (κ1) is 13.4. The zero-order valence-electron chi connectivity index (χ0n) is 11.6. The minimum atomic E-state index is -0.797. The van der Waals surface area contributed by atoms with E-state index in [1.807, 2.05) is 11.8 Å². The van der Waals surface area contributed by atoms with Crippen molar-refractivity contribution in [2.24, 2.45) is 11.8 Å². The smallest absolute Gasteiger partial charge is 0.322 e. The number of imide groups is 1. The fourth-order valence-corrected chi connectivity index (χ4v) is 3.14. The van der Waals surface area contributed by atoms with Crippen LogP contribution in [0.4, 0.5) is 4.79 Å². The maximum absolute atomic E-state index is 12.4. The molecule has 0 aromatic heterocycles. The summed E-state index contributed by atoms with van der Waals surface area (Å²) in [4.78, 5) is 37.3. The predicted molar refractivity (Wildman–Crippen MR) is 70.7 cm³/mol. The van der Waals surface area contributed by atoms with Crippen LogP contribution < -0.4 is 16.0 Å². The van der Waals surface area contributed by atoms with Crippen molar-refractivity contribution in [3.8, 4) is 0 Å². The molecule has 0 aliphatic carbocycles. The molecule has 3 rings (SSSR count). The topological polar surface area (TPSA) is 90.5 Å². The molecular formula is C13H20N4O3. The molecule has 3 aliphatic rings. The van der Waals surface area contributed by atoms with E-state index in [2.05, 4.69) is 16.0 Å². The summed E-state index contributed by atoms with van der Waals surface area (Å²) in [6.07, 6.45) is 0.984. The minimum Gasteiger partial charge on any atom is -0.342 e. The maximum atomic E-state index is 12.4. The Morgan fingerprint density at radius 2 is 1.95 bits per heavy atom. The molecule has 3 fully saturated rings. The monoisotopic (exact) mass is 280 g/mol. The van der Waals surface area contributed by atoms with E-state index in [1.165, 1.54) is 0 Å². The number of carbonyl (C=O) groups excluding carboxylic acids is 3. The summed E-state index contributed by atoms with van der Waals surface area (Å²) in [6, 6.07) is -0.427. The molecular weight excluding hydrogens is 260 g/mol. The molecule has 3 heterocycles. The number of hydrogen-bond acceptors (Lipinski definition) is 4. The van der Waals surface area contributed by atoms with Gasteiger partial charge in [-0.05, 0) is 31.8 Å². The van der Waals surface area contributed by atoms with Gasteiger partial charge >= 0.3 is 6.03 Å². The summed E-state index contributed by atoms with van der Waals surface area (Å²) in [7, 11) is 0. The van der Waals surface area contributed by atoms with Crippen molar-refractivity contribution in [3.05, 3.63) is 0 Å². The van der Waals surface area contributed by atoms with Gasteiger partial charge in [0.15, 0.2) is 0 Å². The average Bonchev–Trinajstić information content (AvgIpc) is 2.62. The zero-order valence-corrected chi connectivity index (χ0v) is 11.6. The van der Waals surface area contributed by atoms with Crippen LogP contribution in [0.3, 0.4) is 0 Å². The molecule has 0 aromatic carbocycles. The first-order valence-electron chi connectivity index (χ1n) is 7.15. The number of nitrogens with one attached hydrogen (secondary N) is 3. The molecule has 1 spiro atoms. The molecule has 0 radical (unpaired) electrons. The quantitative estimate of drug-likeness (QED) is 0.568. The van der Waals surface area contributed by atoms with Crippen LogP contribution in [-0.4, -0.2) is 54.5 Å². The predicted octanol–water partition coefficient (Wildman–Crippen LogP) is -0.957. The van der Waals surface area contributed by atoms with Crippen LogP contribution in [0.5, 0.6) is 0 Å². The lowest BCUT2D eigenvalue weighted by Gasteiger charge is -2.40. The van der Waals surface area contributed by atoms with Gasteiger partial charge in [0.2, 0.25) is 5.91 Å². The third-order valence-corrected chi connectivity index (χ3v) is 4.85. The second-order valence-corrected chi connectivity index (χ2v) is 6.02. The van der Waals surface area contributed by atoms with Gasteiger partial charge in [-0.1, -0.05) is 6.92 Å². The van der Waals surface area contributed by atoms with Gasteiger partial charge in [-0.25, -0.2) is 4.79 Å². The molecule has 4 amide bonds. The van der Waals surface area contributed by atoms with E-state index < -0.39 is 11.6 Å². The van der Waals surface area contributed by atoms with Crippen LogP contribution in [0.25, 0.3) is 0 Å². The number of amides is 4. The van der Waals surface area contributed by atoms with Gasteiger partial charge in [-0.15, -0.1) is 0 Å². The van der Waals surface area contributed by atoms with E-state index >= 15 is 0 Å². The van der Waals surface area contributed by atoms with Gasteiger partial charge in [0.25, 0.3) is 5.91 Å². The number of hydrogen-bond donors (Lipinski definition) is 3. The molecule has 3 aliphatic heterocycles. The van der Waals surface area contributed by atoms with E-state index in [0.29, 0.717) is 31.8 Å². The maximum Gasteiger partial charge on any atom is 0.322 e. The molecule has 0 saturated carbocycles. The standard InChI is InChI=1S/C13H20N4O3/c1-8(9-6-14-7-9)10(18)17-4-2-13(3-5-17)11(19)15-12(20)16-13/h8-9,14H,2-7H2,1H3,(H2,15,16,19,20). The highest BCUT2D eigenvalue weighted by Crippen LogP contribution is 2.27. The van der Waals surface area contributed by atoms with E-state index in [4.69, 9.17) is 0 Å². The molecule has 0 aromatic rings. The third-order valence-electron chi connectivity index (χ3n) is 4.85. The van der Waals surface area contributed by atoms with E-state index in [9.17, 15) is 14.4 Å². The molecule has 20 heavy (non-hydrogen) atoms. The van der Waals surface area contributed by atoms with Crippen LogP contribution >= 0.6 is 0 Å². The second kappa shape index (κ2) is 4.73. The molecule has 3 N–H and O–H groups in total. The molecule has 1 unspecified atom stereocenters. The van der Waals surface area contributed by atoms with Crippen LogP contribution in [-0.2, 0) is 9.59 Å². The third kappa shape index (κ3) is 2.06. The van der Waals surface area contributed by atoms with Crippen LogP contribution in [0, 0.1) is 11.8 Å². The Kier molecular flexibility index (Phi) is 3.16. The summed E-state index contributed by atoms with van der Waals surface area (Å²) in [5, 5.41) is 8.16. The highest BCUT2D eigenvalue weighted by atomic mass is 16.2. The van der Waals surface area contributed by atoms with Crippen molar-refractivity contribution in [1.29, 1.82) is 0 Å². The lowest BCUT2D eigenvalue weighted by atomic mass is 9.84. The normalized spacial score (nSPS) is 26.9. The van der Waals surface area contributed by atoms with Crippen molar-refractivity contribution in [2.45, 2.75) is 25.3 Å². The lowest BCUT2D eigenvalue weighted by Crippen LogP contribution is -2.57. The summed E-state index contributed by atoms with van der Waals surface area (Å²) >= 11 is 0. The SMILES string of the molecule is CC(C(=O)N1CCC2(CC1)NC(=O)NC2=O)C1CNC1. The van der Waals surface area contributed by atoms with Crippen LogP contribution in [0.15, 0.2) is 0 Å². The Balaban J connectivity index is 1.59. The minimum absolute atomic E-state index is 0.0253. The van der Waals surface area contributed by atoms with E-state index in [0.717, 1.165) is 13.1 Å². The fourth-order valence-electron chi connectivity index (χ4n) is 3.14. The Hall–Kier alpha value is -1.63. The number of carbonyl (C=O) groups is 3. The number of rotatable bonds is 2. The Morgan fingerprint density at radius 3 is 2.40 bits per heavy atom. The Morgan fingerprint density at radius 1 is 1.30 bits per heavy atom. The van der Waals surface area contributed by atoms with Crippen LogP contribution in [0.1, 0.15) is 19.8 Å². The van der Waals surface area contributed by atoms with Crippen molar-refractivity contribution in [2.75, 3.05) is 26.2 Å². The molecule has 7 nitrogen and oxygen atoms in total. The van der Waals surface area contributed by atoms with Crippen molar-refractivity contribution < 1.29 is 14.4 Å². The molecule has 3 saturated heterocycles. The molecule has 1 atom stereocenters. The van der Waals surface area contributed by atoms with Crippen molar-refractivity contribution >= 4 is 17.8 Å². The average molecular weight is 280 g/mol. The Bertz CT molecular complexity index is 453. The number of urea groups is 1. The van der Waals surface area contributed by atoms with Crippen molar-refractivity contribution in [3.63, 3.8) is 0 Å². The molecule has 0 bridgehead atoms.